The van der Waals surface area contributed by atoms with E-state index in [0.29, 0.717) is 12.3 Å². The predicted molar refractivity (Wildman–Crippen MR) is 76.6 cm³/mol. The van der Waals surface area contributed by atoms with Crippen molar-refractivity contribution in [2.75, 3.05) is 21.2 Å². The van der Waals surface area contributed by atoms with Crippen molar-refractivity contribution < 1.29 is 9.53 Å². The molecule has 19 heavy (non-hydrogen) atoms. The van der Waals surface area contributed by atoms with Crippen LogP contribution in [-0.2, 0) is 11.2 Å². The fourth-order valence-electron chi connectivity index (χ4n) is 2.84. The van der Waals surface area contributed by atoms with E-state index in [4.69, 9.17) is 4.74 Å². The van der Waals surface area contributed by atoms with Crippen molar-refractivity contribution in [1.82, 2.24) is 4.90 Å². The zero-order valence-corrected chi connectivity index (χ0v) is 12.1. The monoisotopic (exact) mass is 261 g/mol. The van der Waals surface area contributed by atoms with Gasteiger partial charge in [-0.2, -0.15) is 0 Å². The van der Waals surface area contributed by atoms with Crippen LogP contribution in [0, 0.1) is 0 Å². The first-order valence-corrected chi connectivity index (χ1v) is 6.98. The summed E-state index contributed by atoms with van der Waals surface area (Å²) in [5.74, 6) is 1.68. The molecule has 1 aliphatic rings. The van der Waals surface area contributed by atoms with Crippen molar-refractivity contribution in [1.29, 1.82) is 0 Å². The molecule has 0 aromatic heterocycles. The molecule has 2 rings (SSSR count). The number of aryl methyl sites for hydroxylation is 1. The third kappa shape index (κ3) is 3.28. The molecule has 0 saturated carbocycles. The van der Waals surface area contributed by atoms with Gasteiger partial charge in [-0.1, -0.05) is 6.07 Å². The highest BCUT2D eigenvalue weighted by atomic mass is 16.5. The third-order valence-electron chi connectivity index (χ3n) is 3.99. The van der Waals surface area contributed by atoms with Crippen molar-refractivity contribution in [3.63, 3.8) is 0 Å². The molecule has 1 aliphatic carbocycles. The highest BCUT2D eigenvalue weighted by molar-refractivity contribution is 5.75. The maximum Gasteiger partial charge on any atom is 0.222 e. The molecule has 3 heteroatoms. The van der Waals surface area contributed by atoms with E-state index in [9.17, 15) is 4.79 Å². The van der Waals surface area contributed by atoms with E-state index < -0.39 is 0 Å². The van der Waals surface area contributed by atoms with E-state index in [1.807, 2.05) is 20.2 Å². The fourth-order valence-corrected chi connectivity index (χ4v) is 2.84. The molecule has 1 atom stereocenters. The first-order valence-electron chi connectivity index (χ1n) is 6.98. The summed E-state index contributed by atoms with van der Waals surface area (Å²) < 4.78 is 5.28. The number of rotatable bonds is 4. The average Bonchev–Trinajstić information content (AvgIpc) is 2.43. The van der Waals surface area contributed by atoms with Gasteiger partial charge >= 0.3 is 0 Å². The number of hydrogen-bond donors (Lipinski definition) is 0. The topological polar surface area (TPSA) is 29.5 Å². The molecule has 0 bridgehead atoms. The maximum absolute atomic E-state index is 11.7. The summed E-state index contributed by atoms with van der Waals surface area (Å²) in [5.41, 5.74) is 2.81. The molecule has 0 fully saturated rings. The fraction of sp³-hybridized carbons (Fsp3) is 0.562. The number of ether oxygens (including phenoxy) is 1. The first kappa shape index (κ1) is 13.9. The molecule has 0 heterocycles. The summed E-state index contributed by atoms with van der Waals surface area (Å²) in [4.78, 5) is 13.4. The van der Waals surface area contributed by atoms with Crippen LogP contribution in [0.15, 0.2) is 18.2 Å². The molecular formula is C16H23NO2. The maximum atomic E-state index is 11.7. The molecule has 0 N–H and O–H groups in total. The van der Waals surface area contributed by atoms with Gasteiger partial charge in [-0.05, 0) is 54.9 Å². The van der Waals surface area contributed by atoms with Crippen LogP contribution in [0.5, 0.6) is 5.75 Å². The Hall–Kier alpha value is -1.51. The van der Waals surface area contributed by atoms with Crippen molar-refractivity contribution >= 4 is 5.91 Å². The van der Waals surface area contributed by atoms with Gasteiger partial charge in [0.2, 0.25) is 5.91 Å². The molecule has 0 radical (unpaired) electrons. The highest BCUT2D eigenvalue weighted by Crippen LogP contribution is 2.36. The molecule has 0 saturated heterocycles. The summed E-state index contributed by atoms with van der Waals surface area (Å²) in [6, 6.07) is 6.36. The van der Waals surface area contributed by atoms with E-state index in [0.717, 1.165) is 18.6 Å². The van der Waals surface area contributed by atoms with Gasteiger partial charge in [-0.3, -0.25) is 4.79 Å². The van der Waals surface area contributed by atoms with Crippen LogP contribution in [-0.4, -0.2) is 32.0 Å². The number of hydrogen-bond acceptors (Lipinski definition) is 2. The summed E-state index contributed by atoms with van der Waals surface area (Å²) in [6.45, 7) is 0. The molecular weight excluding hydrogens is 238 g/mol. The van der Waals surface area contributed by atoms with E-state index in [1.54, 1.807) is 12.0 Å². The Morgan fingerprint density at radius 3 is 2.89 bits per heavy atom. The van der Waals surface area contributed by atoms with E-state index in [2.05, 4.69) is 12.1 Å². The van der Waals surface area contributed by atoms with Crippen LogP contribution < -0.4 is 4.74 Å². The minimum absolute atomic E-state index is 0.223. The lowest BCUT2D eigenvalue weighted by Gasteiger charge is -2.26. The van der Waals surface area contributed by atoms with Crippen LogP contribution in [0.2, 0.25) is 0 Å². The molecule has 1 aromatic carbocycles. The Kier molecular flexibility index (Phi) is 4.46. The lowest BCUT2D eigenvalue weighted by molar-refractivity contribution is -0.128. The Labute approximate surface area is 115 Å². The summed E-state index contributed by atoms with van der Waals surface area (Å²) >= 11 is 0. The Morgan fingerprint density at radius 2 is 2.21 bits per heavy atom. The third-order valence-corrected chi connectivity index (χ3v) is 3.99. The van der Waals surface area contributed by atoms with Gasteiger partial charge in [0.1, 0.15) is 5.75 Å². The number of nitrogens with zero attached hydrogens (tertiary/aromatic N) is 1. The summed E-state index contributed by atoms with van der Waals surface area (Å²) in [7, 11) is 5.35. The van der Waals surface area contributed by atoms with Crippen molar-refractivity contribution in [3.05, 3.63) is 29.3 Å². The second kappa shape index (κ2) is 6.09. The molecule has 1 aromatic rings. The van der Waals surface area contributed by atoms with E-state index in [-0.39, 0.29) is 5.91 Å². The van der Waals surface area contributed by atoms with Gasteiger partial charge in [0.25, 0.3) is 0 Å². The van der Waals surface area contributed by atoms with Crippen LogP contribution in [0.1, 0.15) is 42.7 Å². The van der Waals surface area contributed by atoms with Gasteiger partial charge < -0.3 is 9.64 Å². The highest BCUT2D eigenvalue weighted by Gasteiger charge is 2.21. The zero-order chi connectivity index (χ0) is 13.8. The second-order valence-corrected chi connectivity index (χ2v) is 5.48. The van der Waals surface area contributed by atoms with E-state index in [1.165, 1.54) is 24.0 Å². The standard InChI is InChI=1S/C16H23NO2/c1-17(2)16(18)10-7-12-5-4-6-13-11-14(19-3)8-9-15(12)13/h8-9,11-12H,4-7,10H2,1-3H3. The number of amides is 1. The van der Waals surface area contributed by atoms with Gasteiger partial charge in [-0.25, -0.2) is 0 Å². The molecule has 0 aliphatic heterocycles. The average molecular weight is 261 g/mol. The first-order chi connectivity index (χ1) is 9.11. The predicted octanol–water partition coefficient (Wildman–Crippen LogP) is 2.98. The molecule has 0 spiro atoms. The van der Waals surface area contributed by atoms with Gasteiger partial charge in [0.05, 0.1) is 7.11 Å². The lowest BCUT2D eigenvalue weighted by atomic mass is 9.80. The van der Waals surface area contributed by atoms with Crippen LogP contribution in [0.3, 0.4) is 0 Å². The molecule has 1 unspecified atom stereocenters. The van der Waals surface area contributed by atoms with Crippen molar-refractivity contribution in [3.8, 4) is 5.75 Å². The quantitative estimate of drug-likeness (QED) is 0.834. The number of carbonyl (C=O) groups excluding carboxylic acids is 1. The largest absolute Gasteiger partial charge is 0.497 e. The minimum atomic E-state index is 0.223. The smallest absolute Gasteiger partial charge is 0.222 e. The Bertz CT molecular complexity index is 454. The van der Waals surface area contributed by atoms with Crippen LogP contribution in [0.25, 0.3) is 0 Å². The number of methoxy groups -OCH3 is 1. The van der Waals surface area contributed by atoms with E-state index >= 15 is 0 Å². The summed E-state index contributed by atoms with van der Waals surface area (Å²) in [5, 5.41) is 0. The Morgan fingerprint density at radius 1 is 1.42 bits per heavy atom. The van der Waals surface area contributed by atoms with Gasteiger partial charge in [-0.15, -0.1) is 0 Å². The number of benzene rings is 1. The number of fused-ring (bicyclic) bond motifs is 1. The van der Waals surface area contributed by atoms with Crippen LogP contribution >= 0.6 is 0 Å². The number of carbonyl (C=O) groups is 1. The SMILES string of the molecule is COc1ccc2c(c1)CCCC2CCC(=O)N(C)C. The molecule has 1 amide bonds. The normalized spacial score (nSPS) is 17.7. The van der Waals surface area contributed by atoms with Gasteiger partial charge in [0, 0.05) is 20.5 Å². The molecule has 104 valence electrons. The van der Waals surface area contributed by atoms with Gasteiger partial charge in [0.15, 0.2) is 0 Å². The van der Waals surface area contributed by atoms with Crippen molar-refractivity contribution in [2.45, 2.75) is 38.0 Å². The second-order valence-electron chi connectivity index (χ2n) is 5.48. The molecule has 3 nitrogen and oxygen atoms in total. The van der Waals surface area contributed by atoms with Crippen molar-refractivity contribution in [2.24, 2.45) is 0 Å². The van der Waals surface area contributed by atoms with Crippen LogP contribution in [0.4, 0.5) is 0 Å². The zero-order valence-electron chi connectivity index (χ0n) is 12.1. The minimum Gasteiger partial charge on any atom is -0.497 e. The Balaban J connectivity index is 2.07. The lowest BCUT2D eigenvalue weighted by Crippen LogP contribution is -2.22. The summed E-state index contributed by atoms with van der Waals surface area (Å²) in [6.07, 6.45) is 5.13.